The second kappa shape index (κ2) is 6.81. The van der Waals surface area contributed by atoms with Gasteiger partial charge in [0.2, 0.25) is 5.91 Å². The molecule has 0 aliphatic rings. The summed E-state index contributed by atoms with van der Waals surface area (Å²) in [6, 6.07) is 17.5. The van der Waals surface area contributed by atoms with Crippen LogP contribution in [0.4, 0.5) is 5.69 Å². The molecular formula is C16H15NOS. The molecule has 0 aliphatic heterocycles. The van der Waals surface area contributed by atoms with Gasteiger partial charge in [-0.1, -0.05) is 30.3 Å². The first kappa shape index (κ1) is 13.4. The van der Waals surface area contributed by atoms with Crippen molar-refractivity contribution in [3.05, 3.63) is 66.2 Å². The smallest absolute Gasteiger partial charge is 0.248 e. The van der Waals surface area contributed by atoms with Crippen molar-refractivity contribution in [3.8, 4) is 0 Å². The van der Waals surface area contributed by atoms with Crippen LogP contribution in [0.1, 0.15) is 5.56 Å². The second-order valence-corrected chi connectivity index (χ2v) is 4.84. The third-order valence-corrected chi connectivity index (χ3v) is 3.33. The van der Waals surface area contributed by atoms with Crippen LogP contribution < -0.4 is 5.32 Å². The van der Waals surface area contributed by atoms with Gasteiger partial charge in [-0.3, -0.25) is 4.79 Å². The van der Waals surface area contributed by atoms with E-state index in [0.29, 0.717) is 0 Å². The van der Waals surface area contributed by atoms with Crippen molar-refractivity contribution in [2.24, 2.45) is 0 Å². The minimum Gasteiger partial charge on any atom is -0.323 e. The second-order valence-electron chi connectivity index (χ2n) is 3.96. The first-order chi connectivity index (χ1) is 9.28. The fourth-order valence-corrected chi connectivity index (χ4v) is 2.00. The summed E-state index contributed by atoms with van der Waals surface area (Å²) >= 11 is 1.70. The molecule has 0 heterocycles. The quantitative estimate of drug-likeness (QED) is 0.670. The lowest BCUT2D eigenvalue weighted by atomic mass is 10.2. The summed E-state index contributed by atoms with van der Waals surface area (Å²) in [4.78, 5) is 12.9. The standard InChI is InChI=1S/C16H15NOS/c1-19-15-10-7-13(8-11-15)9-12-16(18)17-14-5-3-2-4-6-14/h2-12H,1H3,(H,17,18)/b12-9+. The van der Waals surface area contributed by atoms with Crippen molar-refractivity contribution < 1.29 is 4.79 Å². The van der Waals surface area contributed by atoms with Gasteiger partial charge in [0.1, 0.15) is 0 Å². The Bertz CT molecular complexity index is 561. The van der Waals surface area contributed by atoms with Gasteiger partial charge in [-0.25, -0.2) is 0 Å². The number of para-hydroxylation sites is 1. The molecule has 0 aliphatic carbocycles. The van der Waals surface area contributed by atoms with Crippen molar-refractivity contribution in [1.29, 1.82) is 0 Å². The normalized spacial score (nSPS) is 10.6. The summed E-state index contributed by atoms with van der Waals surface area (Å²) in [6.07, 6.45) is 5.39. The summed E-state index contributed by atoms with van der Waals surface area (Å²) in [5.74, 6) is -0.125. The molecule has 0 atom stereocenters. The highest BCUT2D eigenvalue weighted by Crippen LogP contribution is 2.15. The van der Waals surface area contributed by atoms with Crippen LogP contribution in [-0.4, -0.2) is 12.2 Å². The molecule has 0 bridgehead atoms. The zero-order valence-corrected chi connectivity index (χ0v) is 11.5. The largest absolute Gasteiger partial charge is 0.323 e. The van der Waals surface area contributed by atoms with Crippen LogP contribution in [0.5, 0.6) is 0 Å². The van der Waals surface area contributed by atoms with E-state index in [0.717, 1.165) is 11.3 Å². The van der Waals surface area contributed by atoms with Crippen molar-refractivity contribution in [2.75, 3.05) is 11.6 Å². The van der Waals surface area contributed by atoms with Crippen LogP contribution in [0.25, 0.3) is 6.08 Å². The van der Waals surface area contributed by atoms with Crippen LogP contribution >= 0.6 is 11.8 Å². The van der Waals surface area contributed by atoms with Crippen molar-refractivity contribution in [3.63, 3.8) is 0 Å². The molecule has 0 aromatic heterocycles. The van der Waals surface area contributed by atoms with E-state index >= 15 is 0 Å². The highest BCUT2D eigenvalue weighted by Gasteiger charge is 1.96. The van der Waals surface area contributed by atoms with E-state index in [9.17, 15) is 4.79 Å². The SMILES string of the molecule is CSc1ccc(/C=C/C(=O)Nc2ccccc2)cc1. The summed E-state index contributed by atoms with van der Waals surface area (Å²) in [5.41, 5.74) is 1.82. The van der Waals surface area contributed by atoms with Gasteiger partial charge in [0, 0.05) is 16.7 Å². The molecule has 2 aromatic carbocycles. The highest BCUT2D eigenvalue weighted by molar-refractivity contribution is 7.98. The lowest BCUT2D eigenvalue weighted by Gasteiger charge is -2.01. The Kier molecular flexibility index (Phi) is 4.81. The van der Waals surface area contributed by atoms with Gasteiger partial charge in [0.05, 0.1) is 0 Å². The average Bonchev–Trinajstić information content (AvgIpc) is 2.47. The molecule has 96 valence electrons. The Balaban J connectivity index is 1.96. The number of carbonyl (C=O) groups excluding carboxylic acids is 1. The number of anilines is 1. The molecule has 0 saturated carbocycles. The van der Waals surface area contributed by atoms with Crippen molar-refractivity contribution in [1.82, 2.24) is 0 Å². The molecule has 2 rings (SSSR count). The number of rotatable bonds is 4. The maximum Gasteiger partial charge on any atom is 0.248 e. The van der Waals surface area contributed by atoms with Gasteiger partial charge in [-0.05, 0) is 42.2 Å². The van der Waals surface area contributed by atoms with Gasteiger partial charge in [-0.15, -0.1) is 11.8 Å². The molecule has 1 amide bonds. The number of carbonyl (C=O) groups is 1. The molecule has 19 heavy (non-hydrogen) atoms. The van der Waals surface area contributed by atoms with E-state index in [1.807, 2.05) is 66.9 Å². The Hall–Kier alpha value is -2.00. The topological polar surface area (TPSA) is 29.1 Å². The van der Waals surface area contributed by atoms with E-state index in [1.165, 1.54) is 4.90 Å². The summed E-state index contributed by atoms with van der Waals surface area (Å²) < 4.78 is 0. The molecule has 3 heteroatoms. The van der Waals surface area contributed by atoms with Crippen molar-refractivity contribution >= 4 is 29.4 Å². The van der Waals surface area contributed by atoms with Crippen LogP contribution in [0.2, 0.25) is 0 Å². The molecule has 0 saturated heterocycles. The third kappa shape index (κ3) is 4.30. The van der Waals surface area contributed by atoms with Crippen molar-refractivity contribution in [2.45, 2.75) is 4.90 Å². The highest BCUT2D eigenvalue weighted by atomic mass is 32.2. The van der Waals surface area contributed by atoms with Crippen LogP contribution in [-0.2, 0) is 4.79 Å². The molecule has 2 aromatic rings. The van der Waals surface area contributed by atoms with E-state index < -0.39 is 0 Å². The predicted molar refractivity (Wildman–Crippen MR) is 82.3 cm³/mol. The van der Waals surface area contributed by atoms with Gasteiger partial charge < -0.3 is 5.32 Å². The maximum absolute atomic E-state index is 11.7. The Morgan fingerprint density at radius 3 is 2.37 bits per heavy atom. The zero-order valence-electron chi connectivity index (χ0n) is 10.7. The minimum absolute atomic E-state index is 0.125. The fourth-order valence-electron chi connectivity index (χ4n) is 1.59. The van der Waals surface area contributed by atoms with Gasteiger partial charge in [-0.2, -0.15) is 0 Å². The van der Waals surface area contributed by atoms with E-state index in [-0.39, 0.29) is 5.91 Å². The molecule has 0 unspecified atom stereocenters. The zero-order chi connectivity index (χ0) is 13.5. The fraction of sp³-hybridized carbons (Fsp3) is 0.0625. The summed E-state index contributed by atoms with van der Waals surface area (Å²) in [5, 5.41) is 2.80. The lowest BCUT2D eigenvalue weighted by molar-refractivity contribution is -0.111. The van der Waals surface area contributed by atoms with E-state index in [2.05, 4.69) is 5.32 Å². The summed E-state index contributed by atoms with van der Waals surface area (Å²) in [6.45, 7) is 0. The predicted octanol–water partition coefficient (Wildman–Crippen LogP) is 4.06. The first-order valence-electron chi connectivity index (χ1n) is 5.96. The number of amides is 1. The molecule has 2 nitrogen and oxygen atoms in total. The monoisotopic (exact) mass is 269 g/mol. The van der Waals surface area contributed by atoms with Gasteiger partial charge in [0.25, 0.3) is 0 Å². The van der Waals surface area contributed by atoms with Crippen LogP contribution in [0.3, 0.4) is 0 Å². The third-order valence-electron chi connectivity index (χ3n) is 2.58. The molecular weight excluding hydrogens is 254 g/mol. The maximum atomic E-state index is 11.7. The molecule has 0 radical (unpaired) electrons. The Labute approximate surface area is 117 Å². The Morgan fingerprint density at radius 1 is 1.05 bits per heavy atom. The number of thioether (sulfide) groups is 1. The van der Waals surface area contributed by atoms with Gasteiger partial charge in [0.15, 0.2) is 0 Å². The average molecular weight is 269 g/mol. The number of hydrogen-bond acceptors (Lipinski definition) is 2. The molecule has 0 spiro atoms. The number of nitrogens with one attached hydrogen (secondary N) is 1. The molecule has 0 fully saturated rings. The van der Waals surface area contributed by atoms with E-state index in [1.54, 1.807) is 17.8 Å². The minimum atomic E-state index is -0.125. The first-order valence-corrected chi connectivity index (χ1v) is 7.18. The summed E-state index contributed by atoms with van der Waals surface area (Å²) in [7, 11) is 0. The van der Waals surface area contributed by atoms with Crippen LogP contribution in [0, 0.1) is 0 Å². The number of benzene rings is 2. The van der Waals surface area contributed by atoms with E-state index in [4.69, 9.17) is 0 Å². The van der Waals surface area contributed by atoms with Crippen LogP contribution in [0.15, 0.2) is 65.6 Å². The Morgan fingerprint density at radius 2 is 1.74 bits per heavy atom. The number of hydrogen-bond donors (Lipinski definition) is 1. The van der Waals surface area contributed by atoms with Gasteiger partial charge >= 0.3 is 0 Å². The molecule has 1 N–H and O–H groups in total. The lowest BCUT2D eigenvalue weighted by Crippen LogP contribution is -2.07.